The van der Waals surface area contributed by atoms with Crippen molar-refractivity contribution in [1.82, 2.24) is 4.98 Å². The van der Waals surface area contributed by atoms with E-state index in [9.17, 15) is 14.9 Å². The van der Waals surface area contributed by atoms with Gasteiger partial charge >= 0.3 is 5.69 Å². The third-order valence-electron chi connectivity index (χ3n) is 1.38. The van der Waals surface area contributed by atoms with Gasteiger partial charge < -0.3 is 4.79 Å². The van der Waals surface area contributed by atoms with Crippen molar-refractivity contribution in [1.29, 1.82) is 0 Å². The van der Waals surface area contributed by atoms with Crippen molar-refractivity contribution in [3.8, 4) is 11.8 Å². The monoisotopic (exact) mass is 190 g/mol. The molecule has 0 aliphatic carbocycles. The Hall–Kier alpha value is -2.22. The molecule has 0 N–H and O–H groups in total. The van der Waals surface area contributed by atoms with Gasteiger partial charge in [0.05, 0.1) is 11.3 Å². The van der Waals surface area contributed by atoms with Crippen LogP contribution in [0.3, 0.4) is 0 Å². The molecule has 0 aromatic carbocycles. The number of rotatable bonds is 2. The zero-order chi connectivity index (χ0) is 10.4. The summed E-state index contributed by atoms with van der Waals surface area (Å²) in [4.78, 5) is 23.6. The van der Waals surface area contributed by atoms with Gasteiger partial charge in [-0.05, 0) is 12.0 Å². The van der Waals surface area contributed by atoms with Crippen LogP contribution in [0.2, 0.25) is 0 Å². The van der Waals surface area contributed by atoms with E-state index in [2.05, 4.69) is 16.8 Å². The number of nitrogens with zero attached hydrogens (tertiary/aromatic N) is 2. The number of carbonyl (C=O) groups is 1. The Morgan fingerprint density at radius 3 is 3.07 bits per heavy atom. The van der Waals surface area contributed by atoms with E-state index >= 15 is 0 Å². The van der Waals surface area contributed by atoms with Crippen LogP contribution >= 0.6 is 0 Å². The molecule has 1 aromatic rings. The maximum atomic E-state index is 10.5. The Kier molecular flexibility index (Phi) is 3.33. The van der Waals surface area contributed by atoms with Crippen molar-refractivity contribution >= 4 is 12.0 Å². The van der Waals surface area contributed by atoms with Crippen LogP contribution in [-0.2, 0) is 4.79 Å². The van der Waals surface area contributed by atoms with Crippen LogP contribution in [0.1, 0.15) is 12.1 Å². The van der Waals surface area contributed by atoms with E-state index in [-0.39, 0.29) is 17.8 Å². The second-order valence-corrected chi connectivity index (χ2v) is 2.30. The van der Waals surface area contributed by atoms with E-state index in [1.54, 1.807) is 0 Å². The standard InChI is InChI=1S/C9H6N2O3/c12-7-2-1-4-8-9(11(13)14)5-3-6-10-8/h3,5-7H,2H2. The van der Waals surface area contributed by atoms with Crippen molar-refractivity contribution < 1.29 is 9.72 Å². The van der Waals surface area contributed by atoms with Gasteiger partial charge in [0.2, 0.25) is 0 Å². The fraction of sp³-hybridized carbons (Fsp3) is 0.111. The summed E-state index contributed by atoms with van der Waals surface area (Å²) in [7, 11) is 0. The van der Waals surface area contributed by atoms with Crippen LogP contribution in [-0.4, -0.2) is 16.2 Å². The smallest absolute Gasteiger partial charge is 0.302 e. The molecule has 0 unspecified atom stereocenters. The predicted octanol–water partition coefficient (Wildman–Crippen LogP) is 0.930. The lowest BCUT2D eigenvalue weighted by atomic mass is 10.3. The number of carbonyl (C=O) groups excluding carboxylic acids is 1. The molecule has 14 heavy (non-hydrogen) atoms. The molecule has 70 valence electrons. The quantitative estimate of drug-likeness (QED) is 0.301. The highest BCUT2D eigenvalue weighted by molar-refractivity contribution is 5.55. The van der Waals surface area contributed by atoms with Crippen molar-refractivity contribution in [2.45, 2.75) is 6.42 Å². The van der Waals surface area contributed by atoms with Gasteiger partial charge in [0.25, 0.3) is 0 Å². The van der Waals surface area contributed by atoms with E-state index in [1.165, 1.54) is 18.3 Å². The topological polar surface area (TPSA) is 73.1 Å². The van der Waals surface area contributed by atoms with E-state index in [4.69, 9.17) is 0 Å². The lowest BCUT2D eigenvalue weighted by molar-refractivity contribution is -0.385. The molecule has 0 bridgehead atoms. The van der Waals surface area contributed by atoms with Crippen molar-refractivity contribution in [3.63, 3.8) is 0 Å². The molecular weight excluding hydrogens is 184 g/mol. The number of aldehydes is 1. The van der Waals surface area contributed by atoms with Crippen LogP contribution in [0.25, 0.3) is 0 Å². The van der Waals surface area contributed by atoms with Gasteiger partial charge in [-0.1, -0.05) is 5.92 Å². The molecule has 0 aliphatic heterocycles. The summed E-state index contributed by atoms with van der Waals surface area (Å²) in [6.07, 6.45) is 2.09. The van der Waals surface area contributed by atoms with E-state index in [1.807, 2.05) is 0 Å². The first kappa shape index (κ1) is 9.86. The lowest BCUT2D eigenvalue weighted by Gasteiger charge is -1.91. The summed E-state index contributed by atoms with van der Waals surface area (Å²) in [5.74, 6) is 4.92. The Morgan fingerprint density at radius 1 is 1.64 bits per heavy atom. The highest BCUT2D eigenvalue weighted by atomic mass is 16.6. The lowest BCUT2D eigenvalue weighted by Crippen LogP contribution is -1.93. The molecule has 0 atom stereocenters. The highest BCUT2D eigenvalue weighted by Gasteiger charge is 2.10. The van der Waals surface area contributed by atoms with Gasteiger partial charge in [-0.2, -0.15) is 0 Å². The van der Waals surface area contributed by atoms with Gasteiger partial charge in [0.1, 0.15) is 6.29 Å². The molecule has 0 fully saturated rings. The average Bonchev–Trinajstić information content (AvgIpc) is 2.19. The number of nitro groups is 1. The third kappa shape index (κ3) is 2.38. The molecule has 0 saturated heterocycles. The molecule has 1 aromatic heterocycles. The summed E-state index contributed by atoms with van der Waals surface area (Å²) in [6, 6.07) is 2.78. The molecule has 0 aliphatic rings. The Bertz CT molecular complexity index is 418. The summed E-state index contributed by atoms with van der Waals surface area (Å²) in [5, 5.41) is 10.5. The molecule has 0 spiro atoms. The minimum absolute atomic E-state index is 0.0493. The fourth-order valence-electron chi connectivity index (χ4n) is 0.817. The molecule has 5 nitrogen and oxygen atoms in total. The Balaban J connectivity index is 3.03. The predicted molar refractivity (Wildman–Crippen MR) is 48.5 cm³/mol. The average molecular weight is 190 g/mol. The molecule has 1 rings (SSSR count). The first-order valence-electron chi connectivity index (χ1n) is 3.77. The first-order valence-corrected chi connectivity index (χ1v) is 3.77. The first-order chi connectivity index (χ1) is 6.75. The van der Waals surface area contributed by atoms with Gasteiger partial charge in [-0.3, -0.25) is 10.1 Å². The number of hydrogen-bond donors (Lipinski definition) is 0. The summed E-state index contributed by atoms with van der Waals surface area (Å²) in [5.41, 5.74) is -0.0646. The minimum Gasteiger partial charge on any atom is -0.302 e. The van der Waals surface area contributed by atoms with Crippen LogP contribution in [0, 0.1) is 22.0 Å². The highest BCUT2D eigenvalue weighted by Crippen LogP contribution is 2.13. The van der Waals surface area contributed by atoms with E-state index in [0.717, 1.165) is 0 Å². The zero-order valence-electron chi connectivity index (χ0n) is 7.14. The van der Waals surface area contributed by atoms with Gasteiger partial charge in [0.15, 0.2) is 5.69 Å². The van der Waals surface area contributed by atoms with Crippen LogP contribution in [0.5, 0.6) is 0 Å². The Labute approximate surface area is 79.9 Å². The van der Waals surface area contributed by atoms with Crippen LogP contribution in [0.4, 0.5) is 5.69 Å². The van der Waals surface area contributed by atoms with E-state index < -0.39 is 4.92 Å². The fourth-order valence-corrected chi connectivity index (χ4v) is 0.817. The largest absolute Gasteiger partial charge is 0.303 e. The van der Waals surface area contributed by atoms with Crippen LogP contribution in [0.15, 0.2) is 18.3 Å². The van der Waals surface area contributed by atoms with Gasteiger partial charge in [0, 0.05) is 12.3 Å². The van der Waals surface area contributed by atoms with Gasteiger partial charge in [-0.15, -0.1) is 0 Å². The number of hydrogen-bond acceptors (Lipinski definition) is 4. The molecular formula is C9H6N2O3. The van der Waals surface area contributed by atoms with Crippen LogP contribution < -0.4 is 0 Å². The van der Waals surface area contributed by atoms with Crippen molar-refractivity contribution in [2.75, 3.05) is 0 Å². The van der Waals surface area contributed by atoms with Crippen molar-refractivity contribution in [2.24, 2.45) is 0 Å². The zero-order valence-corrected chi connectivity index (χ0v) is 7.14. The second-order valence-electron chi connectivity index (χ2n) is 2.30. The maximum absolute atomic E-state index is 10.5. The Morgan fingerprint density at radius 2 is 2.43 bits per heavy atom. The normalized spacial score (nSPS) is 8.57. The summed E-state index contributed by atoms with van der Waals surface area (Å²) < 4.78 is 0. The van der Waals surface area contributed by atoms with E-state index in [0.29, 0.717) is 6.29 Å². The molecule has 5 heteroatoms. The second kappa shape index (κ2) is 4.72. The van der Waals surface area contributed by atoms with Gasteiger partial charge in [-0.25, -0.2) is 4.98 Å². The maximum Gasteiger partial charge on any atom is 0.303 e. The number of pyridine rings is 1. The molecule has 1 heterocycles. The van der Waals surface area contributed by atoms with Crippen molar-refractivity contribution in [3.05, 3.63) is 34.1 Å². The summed E-state index contributed by atoms with van der Waals surface area (Å²) >= 11 is 0. The third-order valence-corrected chi connectivity index (χ3v) is 1.38. The minimum atomic E-state index is -0.558. The number of aromatic nitrogens is 1. The SMILES string of the molecule is O=CCC#Cc1ncccc1[N+](=O)[O-]. The molecule has 0 amide bonds. The summed E-state index contributed by atoms with van der Waals surface area (Å²) in [6.45, 7) is 0. The molecule has 0 radical (unpaired) electrons. The molecule has 0 saturated carbocycles.